The number of phosphoric acid groups is 1. The van der Waals surface area contributed by atoms with Crippen LogP contribution in [-0.2, 0) is 18.4 Å². The van der Waals surface area contributed by atoms with E-state index in [0.29, 0.717) is 23.9 Å². The van der Waals surface area contributed by atoms with E-state index in [1.54, 1.807) is 0 Å². The SMILES string of the molecule is CCCCCCCC/C=C\CCCCCCCCCC(=O)NC(COP(=O)(O)OCC[N+](C)(C)C)C(O)CCCCCCCCCCCCC. The summed E-state index contributed by atoms with van der Waals surface area (Å²) < 4.78 is 23.5. The lowest BCUT2D eigenvalue weighted by Gasteiger charge is -2.26. The number of carbonyl (C=O) groups is 1. The van der Waals surface area contributed by atoms with Gasteiger partial charge in [-0.2, -0.15) is 0 Å². The molecule has 0 aromatic rings. The molecule has 3 atom stereocenters. The van der Waals surface area contributed by atoms with Gasteiger partial charge in [0.1, 0.15) is 13.2 Å². The Hall–Kier alpha value is -0.760. The van der Waals surface area contributed by atoms with Gasteiger partial charge in [-0.15, -0.1) is 0 Å². The van der Waals surface area contributed by atoms with E-state index in [-0.39, 0.29) is 19.1 Å². The minimum Gasteiger partial charge on any atom is -0.391 e. The van der Waals surface area contributed by atoms with Crippen LogP contribution in [0.5, 0.6) is 0 Å². The van der Waals surface area contributed by atoms with Crippen molar-refractivity contribution in [1.29, 1.82) is 0 Å². The molecule has 0 saturated carbocycles. The van der Waals surface area contributed by atoms with Crippen LogP contribution >= 0.6 is 7.82 Å². The average Bonchev–Trinajstić information content (AvgIpc) is 3.06. The van der Waals surface area contributed by atoms with Crippen LogP contribution in [0.2, 0.25) is 0 Å². The first-order valence-corrected chi connectivity index (χ1v) is 22.5. The second-order valence-electron chi connectivity index (χ2n) is 15.7. The molecule has 298 valence electrons. The fraction of sp³-hybridized carbons (Fsp3) is 0.927. The maximum absolute atomic E-state index is 12.8. The van der Waals surface area contributed by atoms with Gasteiger partial charge in [-0.1, -0.05) is 161 Å². The Kier molecular flexibility index (Phi) is 33.5. The molecule has 0 bridgehead atoms. The standard InChI is InChI=1S/C41H83N2O6P/c1-6-8-10-12-14-16-18-19-20-21-22-23-25-27-29-31-33-35-41(45)42-39(38-49-50(46,47)48-37-36-43(3,4)5)40(44)34-32-30-28-26-24-17-15-13-11-9-7-2/h19-20,39-40,44H,6-18,21-38H2,1-5H3,(H-,42,45,46,47)/p+1/b20-19-. The quantitative estimate of drug-likeness (QED) is 0.0253. The van der Waals surface area contributed by atoms with Crippen LogP contribution in [0.15, 0.2) is 12.2 Å². The summed E-state index contributed by atoms with van der Waals surface area (Å²) in [4.78, 5) is 23.1. The van der Waals surface area contributed by atoms with Gasteiger partial charge in [-0.05, 0) is 38.5 Å². The molecule has 0 aliphatic rings. The summed E-state index contributed by atoms with van der Waals surface area (Å²) in [5.41, 5.74) is 0. The number of nitrogens with zero attached hydrogens (tertiary/aromatic N) is 1. The number of hydrogen-bond acceptors (Lipinski definition) is 5. The third-order valence-corrected chi connectivity index (χ3v) is 10.5. The van der Waals surface area contributed by atoms with Crippen molar-refractivity contribution in [2.24, 2.45) is 0 Å². The molecule has 0 radical (unpaired) electrons. The summed E-state index contributed by atoms with van der Waals surface area (Å²) >= 11 is 0. The van der Waals surface area contributed by atoms with Gasteiger partial charge in [-0.25, -0.2) is 4.57 Å². The zero-order chi connectivity index (χ0) is 37.2. The molecule has 0 fully saturated rings. The minimum atomic E-state index is -4.30. The Bertz CT molecular complexity index is 834. The molecule has 50 heavy (non-hydrogen) atoms. The van der Waals surface area contributed by atoms with Crippen LogP contribution in [0.1, 0.15) is 194 Å². The van der Waals surface area contributed by atoms with Crippen molar-refractivity contribution in [3.05, 3.63) is 12.2 Å². The van der Waals surface area contributed by atoms with Crippen molar-refractivity contribution in [2.45, 2.75) is 206 Å². The summed E-state index contributed by atoms with van der Waals surface area (Å²) in [5.74, 6) is -0.150. The highest BCUT2D eigenvalue weighted by molar-refractivity contribution is 7.47. The predicted molar refractivity (Wildman–Crippen MR) is 212 cm³/mol. The van der Waals surface area contributed by atoms with Crippen molar-refractivity contribution in [2.75, 3.05) is 40.9 Å². The molecule has 0 heterocycles. The van der Waals surface area contributed by atoms with Gasteiger partial charge < -0.3 is 19.8 Å². The Labute approximate surface area is 310 Å². The van der Waals surface area contributed by atoms with Gasteiger partial charge in [0.15, 0.2) is 0 Å². The summed E-state index contributed by atoms with van der Waals surface area (Å²) in [7, 11) is 1.62. The largest absolute Gasteiger partial charge is 0.472 e. The minimum absolute atomic E-state index is 0.0754. The Morgan fingerprint density at radius 3 is 1.54 bits per heavy atom. The van der Waals surface area contributed by atoms with E-state index in [9.17, 15) is 19.4 Å². The van der Waals surface area contributed by atoms with E-state index in [2.05, 4.69) is 31.3 Å². The number of allylic oxidation sites excluding steroid dienone is 2. The Morgan fingerprint density at radius 2 is 1.08 bits per heavy atom. The monoisotopic (exact) mass is 732 g/mol. The number of carbonyl (C=O) groups excluding carboxylic acids is 1. The van der Waals surface area contributed by atoms with E-state index in [1.165, 1.54) is 128 Å². The maximum Gasteiger partial charge on any atom is 0.472 e. The highest BCUT2D eigenvalue weighted by Crippen LogP contribution is 2.43. The number of unbranched alkanes of at least 4 members (excludes halogenated alkanes) is 23. The van der Waals surface area contributed by atoms with Crippen molar-refractivity contribution >= 4 is 13.7 Å². The lowest BCUT2D eigenvalue weighted by Crippen LogP contribution is -2.46. The number of hydrogen-bond donors (Lipinski definition) is 3. The molecule has 0 aromatic heterocycles. The second-order valence-corrected chi connectivity index (χ2v) is 17.2. The Morgan fingerprint density at radius 1 is 0.660 bits per heavy atom. The van der Waals surface area contributed by atoms with Crippen LogP contribution in [0.4, 0.5) is 0 Å². The topological polar surface area (TPSA) is 105 Å². The third kappa shape index (κ3) is 35.6. The number of amides is 1. The normalized spacial score (nSPS) is 14.6. The van der Waals surface area contributed by atoms with Crippen molar-refractivity contribution in [3.8, 4) is 0 Å². The van der Waals surface area contributed by atoms with Gasteiger partial charge in [0.05, 0.1) is 39.9 Å². The van der Waals surface area contributed by atoms with Gasteiger partial charge in [-0.3, -0.25) is 13.8 Å². The van der Waals surface area contributed by atoms with Gasteiger partial charge in [0.25, 0.3) is 0 Å². The van der Waals surface area contributed by atoms with E-state index in [0.717, 1.165) is 38.5 Å². The third-order valence-electron chi connectivity index (χ3n) is 9.51. The first-order chi connectivity index (χ1) is 24.0. The number of aliphatic hydroxyl groups excluding tert-OH is 1. The zero-order valence-corrected chi connectivity index (χ0v) is 34.5. The molecule has 0 spiro atoms. The number of phosphoric ester groups is 1. The lowest BCUT2D eigenvalue weighted by atomic mass is 10.0. The molecular weight excluding hydrogens is 647 g/mol. The second kappa shape index (κ2) is 34.0. The molecule has 3 N–H and O–H groups in total. The highest BCUT2D eigenvalue weighted by atomic mass is 31.2. The van der Waals surface area contributed by atoms with Crippen LogP contribution in [-0.4, -0.2) is 73.4 Å². The molecule has 0 saturated heterocycles. The van der Waals surface area contributed by atoms with E-state index in [1.807, 2.05) is 21.1 Å². The smallest absolute Gasteiger partial charge is 0.391 e. The van der Waals surface area contributed by atoms with E-state index in [4.69, 9.17) is 9.05 Å². The van der Waals surface area contributed by atoms with E-state index >= 15 is 0 Å². The summed E-state index contributed by atoms with van der Waals surface area (Å²) in [6.45, 7) is 4.87. The van der Waals surface area contributed by atoms with Gasteiger partial charge >= 0.3 is 7.82 Å². The van der Waals surface area contributed by atoms with Crippen LogP contribution in [0.3, 0.4) is 0 Å². The molecule has 0 aliphatic carbocycles. The molecule has 1 amide bonds. The summed E-state index contributed by atoms with van der Waals surface area (Å²) in [6, 6.07) is -0.757. The van der Waals surface area contributed by atoms with Gasteiger partial charge in [0.2, 0.25) is 5.91 Å². The molecule has 0 aromatic carbocycles. The first-order valence-electron chi connectivity index (χ1n) is 21.1. The number of likely N-dealkylation sites (N-methyl/N-ethyl adjacent to an activating group) is 1. The lowest BCUT2D eigenvalue weighted by molar-refractivity contribution is -0.870. The summed E-state index contributed by atoms with van der Waals surface area (Å²) in [6.07, 6.45) is 36.6. The molecule has 0 rings (SSSR count). The number of aliphatic hydroxyl groups is 1. The van der Waals surface area contributed by atoms with Crippen molar-refractivity contribution < 1.29 is 32.9 Å². The molecule has 3 unspecified atom stereocenters. The molecule has 8 nitrogen and oxygen atoms in total. The fourth-order valence-electron chi connectivity index (χ4n) is 6.10. The number of nitrogens with one attached hydrogen (secondary N) is 1. The Balaban J connectivity index is 4.36. The predicted octanol–water partition coefficient (Wildman–Crippen LogP) is 11.2. The van der Waals surface area contributed by atoms with Crippen LogP contribution in [0, 0.1) is 0 Å². The zero-order valence-electron chi connectivity index (χ0n) is 33.7. The molecule has 9 heteroatoms. The number of quaternary nitrogens is 1. The van der Waals surface area contributed by atoms with Crippen molar-refractivity contribution in [3.63, 3.8) is 0 Å². The fourth-order valence-corrected chi connectivity index (χ4v) is 6.83. The average molecular weight is 732 g/mol. The van der Waals surface area contributed by atoms with Crippen molar-refractivity contribution in [1.82, 2.24) is 5.32 Å². The van der Waals surface area contributed by atoms with Crippen LogP contribution in [0.25, 0.3) is 0 Å². The van der Waals surface area contributed by atoms with Gasteiger partial charge in [0, 0.05) is 6.42 Å². The van der Waals surface area contributed by atoms with Crippen LogP contribution < -0.4 is 5.32 Å². The molecule has 0 aliphatic heterocycles. The maximum atomic E-state index is 12.8. The first kappa shape index (κ1) is 49.2. The van der Waals surface area contributed by atoms with E-state index < -0.39 is 20.0 Å². The number of rotatable bonds is 38. The highest BCUT2D eigenvalue weighted by Gasteiger charge is 2.28. The summed E-state index contributed by atoms with van der Waals surface area (Å²) in [5, 5.41) is 13.9. The molecular formula is C41H84N2O6P+.